The molecule has 0 aliphatic carbocycles. The number of hydrogen-bond acceptors (Lipinski definition) is 6. The highest BCUT2D eigenvalue weighted by molar-refractivity contribution is 5.94. The van der Waals surface area contributed by atoms with E-state index in [0.29, 0.717) is 31.1 Å². The summed E-state index contributed by atoms with van der Waals surface area (Å²) in [5.41, 5.74) is 1.22. The highest BCUT2D eigenvalue weighted by atomic mass is 16.5. The summed E-state index contributed by atoms with van der Waals surface area (Å²) in [6.07, 6.45) is 4.76. The Balaban J connectivity index is 0.000000821. The summed E-state index contributed by atoms with van der Waals surface area (Å²) < 4.78 is 7.26. The molecule has 2 fully saturated rings. The summed E-state index contributed by atoms with van der Waals surface area (Å²) in [7, 11) is 1.71. The third kappa shape index (κ3) is 4.78. The highest BCUT2D eigenvalue weighted by Gasteiger charge is 2.36. The van der Waals surface area contributed by atoms with Gasteiger partial charge in [0.2, 0.25) is 0 Å². The molecule has 176 valence electrons. The van der Waals surface area contributed by atoms with E-state index in [-0.39, 0.29) is 30.0 Å². The van der Waals surface area contributed by atoms with E-state index < -0.39 is 0 Å². The summed E-state index contributed by atoms with van der Waals surface area (Å²) >= 11 is 0. The zero-order valence-corrected chi connectivity index (χ0v) is 18.8. The van der Waals surface area contributed by atoms with Gasteiger partial charge in [-0.25, -0.2) is 4.98 Å². The van der Waals surface area contributed by atoms with Gasteiger partial charge in [0.1, 0.15) is 11.4 Å². The fourth-order valence-corrected chi connectivity index (χ4v) is 5.30. The number of nitrogens with zero attached hydrogens (tertiary/aromatic N) is 4. The third-order valence-corrected chi connectivity index (χ3v) is 6.87. The van der Waals surface area contributed by atoms with Gasteiger partial charge in [-0.3, -0.25) is 14.4 Å². The van der Waals surface area contributed by atoms with Crippen LogP contribution in [0.4, 0.5) is 5.82 Å². The van der Waals surface area contributed by atoms with Crippen LogP contribution in [0.1, 0.15) is 41.2 Å². The average Bonchev–Trinajstić information content (AvgIpc) is 2.85. The number of fused-ring (bicyclic) bond motifs is 4. The third-order valence-electron chi connectivity index (χ3n) is 6.87. The number of aromatic nitrogens is 2. The molecule has 9 nitrogen and oxygen atoms in total. The van der Waals surface area contributed by atoms with Crippen LogP contribution in [0, 0.1) is 5.92 Å². The van der Waals surface area contributed by atoms with E-state index in [0.717, 1.165) is 43.9 Å². The van der Waals surface area contributed by atoms with Gasteiger partial charge in [-0.05, 0) is 49.4 Å². The number of carbonyl (C=O) groups is 2. The lowest BCUT2D eigenvalue weighted by Crippen LogP contribution is -2.49. The first-order valence-corrected chi connectivity index (χ1v) is 11.3. The van der Waals surface area contributed by atoms with Crippen LogP contribution in [-0.4, -0.2) is 71.3 Å². The Morgan fingerprint density at radius 2 is 1.91 bits per heavy atom. The number of methoxy groups -OCH3 is 1. The first-order valence-electron chi connectivity index (χ1n) is 11.3. The maximum atomic E-state index is 13.3. The molecule has 0 aromatic carbocycles. The molecule has 33 heavy (non-hydrogen) atoms. The molecule has 2 aromatic heterocycles. The second-order valence-corrected chi connectivity index (χ2v) is 8.81. The van der Waals surface area contributed by atoms with Crippen molar-refractivity contribution in [3.63, 3.8) is 0 Å². The fraction of sp³-hybridized carbons (Fsp3) is 0.500. The standard InChI is InChI=1S/C23H28N4O3.CH2O2/c1-30-18-7-10-25(11-8-18)22(28)19-5-6-20-17-12-16(14-27(20)23(19)29)13-26(15-17)21-4-2-3-9-24-21;2-1-3/h2-6,9,16-18H,7-8,10-15H2,1H3;1H,(H,2,3)/t16-,17+;/m0./s1. The summed E-state index contributed by atoms with van der Waals surface area (Å²) in [5, 5.41) is 6.89. The lowest BCUT2D eigenvalue weighted by Gasteiger charge is -2.43. The molecule has 1 N–H and O–H groups in total. The molecular weight excluding hydrogens is 424 g/mol. The predicted molar refractivity (Wildman–Crippen MR) is 123 cm³/mol. The van der Waals surface area contributed by atoms with Crippen molar-refractivity contribution in [1.29, 1.82) is 0 Å². The van der Waals surface area contributed by atoms with Gasteiger partial charge in [0.15, 0.2) is 0 Å². The number of piperidine rings is 2. The van der Waals surface area contributed by atoms with Crippen LogP contribution >= 0.6 is 0 Å². The van der Waals surface area contributed by atoms with Crippen LogP contribution in [0.3, 0.4) is 0 Å². The van der Waals surface area contributed by atoms with Crippen molar-refractivity contribution >= 4 is 18.2 Å². The van der Waals surface area contributed by atoms with Gasteiger partial charge in [0.05, 0.1) is 6.10 Å². The quantitative estimate of drug-likeness (QED) is 0.706. The largest absolute Gasteiger partial charge is 0.483 e. The van der Waals surface area contributed by atoms with Crippen LogP contribution in [0.25, 0.3) is 0 Å². The summed E-state index contributed by atoms with van der Waals surface area (Å²) in [6.45, 7) is 3.44. The SMILES string of the molecule is COC1CCN(C(=O)c2ccc3n(c2=O)C[C@H]2C[C@@H]3CN(c3ccccn3)C2)CC1.O=CO. The smallest absolute Gasteiger partial charge is 0.290 e. The van der Waals surface area contributed by atoms with Crippen molar-refractivity contribution < 1.29 is 19.4 Å². The molecule has 9 heteroatoms. The molecule has 3 aliphatic rings. The molecule has 2 bridgehead atoms. The second-order valence-electron chi connectivity index (χ2n) is 8.81. The van der Waals surface area contributed by atoms with Crippen LogP contribution in [-0.2, 0) is 16.1 Å². The van der Waals surface area contributed by atoms with Crippen molar-refractivity contribution in [3.8, 4) is 0 Å². The summed E-state index contributed by atoms with van der Waals surface area (Å²) in [4.78, 5) is 43.3. The Labute approximate surface area is 192 Å². The summed E-state index contributed by atoms with van der Waals surface area (Å²) in [5.74, 6) is 1.53. The number of ether oxygens (including phenoxy) is 1. The Morgan fingerprint density at radius 1 is 1.15 bits per heavy atom. The number of hydrogen-bond donors (Lipinski definition) is 1. The average molecular weight is 455 g/mol. The minimum Gasteiger partial charge on any atom is -0.483 e. The Hall–Kier alpha value is -3.20. The zero-order chi connectivity index (χ0) is 23.4. The van der Waals surface area contributed by atoms with Gasteiger partial charge >= 0.3 is 0 Å². The lowest BCUT2D eigenvalue weighted by molar-refractivity contribution is -0.122. The Morgan fingerprint density at radius 3 is 2.58 bits per heavy atom. The first-order chi connectivity index (χ1) is 16.0. The molecule has 2 aromatic rings. The molecule has 0 saturated carbocycles. The monoisotopic (exact) mass is 454 g/mol. The van der Waals surface area contributed by atoms with E-state index in [1.807, 2.05) is 35.0 Å². The number of carbonyl (C=O) groups excluding carboxylic acids is 1. The topological polar surface area (TPSA) is 105 Å². The number of anilines is 1. The predicted octanol–water partition coefficient (Wildman–Crippen LogP) is 1.82. The van der Waals surface area contributed by atoms with Gasteiger partial charge in [-0.2, -0.15) is 0 Å². The Kier molecular flexibility index (Phi) is 7.08. The van der Waals surface area contributed by atoms with Gasteiger partial charge < -0.3 is 24.2 Å². The zero-order valence-electron chi connectivity index (χ0n) is 18.8. The minimum absolute atomic E-state index is 0.132. The normalized spacial score (nSPS) is 22.1. The highest BCUT2D eigenvalue weighted by Crippen LogP contribution is 2.36. The van der Waals surface area contributed by atoms with Crippen molar-refractivity contribution in [2.24, 2.45) is 5.92 Å². The molecule has 3 aliphatic heterocycles. The molecule has 5 rings (SSSR count). The van der Waals surface area contributed by atoms with Crippen molar-refractivity contribution in [3.05, 3.63) is 58.1 Å². The van der Waals surface area contributed by atoms with E-state index >= 15 is 0 Å². The maximum absolute atomic E-state index is 13.3. The Bertz CT molecular complexity index is 1030. The van der Waals surface area contributed by atoms with Crippen LogP contribution < -0.4 is 10.5 Å². The number of likely N-dealkylation sites (tertiary alicyclic amines) is 1. The molecule has 0 spiro atoms. The molecule has 2 atom stereocenters. The molecule has 0 unspecified atom stereocenters. The number of amides is 1. The fourth-order valence-electron chi connectivity index (χ4n) is 5.30. The molecule has 2 saturated heterocycles. The number of pyridine rings is 2. The maximum Gasteiger partial charge on any atom is 0.290 e. The molecule has 0 radical (unpaired) electrons. The van der Waals surface area contributed by atoms with Gasteiger partial charge in [-0.15, -0.1) is 0 Å². The van der Waals surface area contributed by atoms with Crippen molar-refractivity contribution in [1.82, 2.24) is 14.5 Å². The number of rotatable bonds is 3. The van der Waals surface area contributed by atoms with E-state index in [1.165, 1.54) is 0 Å². The first kappa shape index (κ1) is 23.0. The second kappa shape index (κ2) is 10.2. The van der Waals surface area contributed by atoms with Crippen molar-refractivity contribution in [2.45, 2.75) is 37.8 Å². The number of carboxylic acid groups (broad SMARTS) is 1. The van der Waals surface area contributed by atoms with Gasteiger partial charge in [0, 0.05) is 57.6 Å². The van der Waals surface area contributed by atoms with Crippen LogP contribution in [0.2, 0.25) is 0 Å². The van der Waals surface area contributed by atoms with Gasteiger partial charge in [-0.1, -0.05) is 6.07 Å². The van der Waals surface area contributed by atoms with Gasteiger partial charge in [0.25, 0.3) is 17.9 Å². The lowest BCUT2D eigenvalue weighted by atomic mass is 9.83. The molecular formula is C24H30N4O5. The van der Waals surface area contributed by atoms with E-state index in [4.69, 9.17) is 14.6 Å². The molecule has 1 amide bonds. The minimum atomic E-state index is -0.250. The van der Waals surface area contributed by atoms with Crippen LogP contribution in [0.15, 0.2) is 41.3 Å². The van der Waals surface area contributed by atoms with Crippen molar-refractivity contribution in [2.75, 3.05) is 38.2 Å². The van der Waals surface area contributed by atoms with E-state index in [9.17, 15) is 9.59 Å². The van der Waals surface area contributed by atoms with E-state index in [2.05, 4.69) is 9.88 Å². The molecule has 5 heterocycles. The van der Waals surface area contributed by atoms with E-state index in [1.54, 1.807) is 18.1 Å². The summed E-state index contributed by atoms with van der Waals surface area (Å²) in [6, 6.07) is 9.73. The van der Waals surface area contributed by atoms with Crippen LogP contribution in [0.5, 0.6) is 0 Å².